The molecule has 0 aliphatic heterocycles. The third-order valence-corrected chi connectivity index (χ3v) is 4.57. The Hall–Kier alpha value is -3.53. The van der Waals surface area contributed by atoms with E-state index in [1.54, 1.807) is 6.33 Å². The van der Waals surface area contributed by atoms with Gasteiger partial charge in [0.15, 0.2) is 11.5 Å². The molecule has 0 fully saturated rings. The molecule has 0 radical (unpaired) electrons. The van der Waals surface area contributed by atoms with Crippen LogP contribution < -0.4 is 0 Å². The third kappa shape index (κ3) is 3.37. The second-order valence-electron chi connectivity index (χ2n) is 6.92. The molecule has 1 aromatic carbocycles. The minimum Gasteiger partial charge on any atom is -0.305 e. The Labute approximate surface area is 163 Å². The highest BCUT2D eigenvalue weighted by Gasteiger charge is 2.12. The number of hydrogen-bond donors (Lipinski definition) is 0. The quantitative estimate of drug-likeness (QED) is 0.537. The van der Waals surface area contributed by atoms with Crippen molar-refractivity contribution in [3.05, 3.63) is 71.0 Å². The highest BCUT2D eigenvalue weighted by Crippen LogP contribution is 2.19. The van der Waals surface area contributed by atoms with Gasteiger partial charge in [-0.2, -0.15) is 9.78 Å². The van der Waals surface area contributed by atoms with Gasteiger partial charge < -0.3 is 4.57 Å². The van der Waals surface area contributed by atoms with Crippen molar-refractivity contribution in [2.24, 2.45) is 0 Å². The van der Waals surface area contributed by atoms with Gasteiger partial charge in [0.25, 0.3) is 0 Å². The zero-order valence-electron chi connectivity index (χ0n) is 16.2. The SMILES string of the molecule is CCCc1nc(C)cc2nc(Cc3ccc(-n4cnc(C)c4)c(C#N)c3)nn12. The van der Waals surface area contributed by atoms with Crippen molar-refractivity contribution in [2.75, 3.05) is 0 Å². The van der Waals surface area contributed by atoms with Gasteiger partial charge in [-0.3, -0.25) is 0 Å². The Morgan fingerprint density at radius 1 is 1.11 bits per heavy atom. The van der Waals surface area contributed by atoms with Gasteiger partial charge >= 0.3 is 0 Å². The molecule has 4 aromatic rings. The molecule has 3 aromatic heterocycles. The molecule has 7 heteroatoms. The summed E-state index contributed by atoms with van der Waals surface area (Å²) in [6.45, 7) is 6.03. The number of hydrogen-bond acceptors (Lipinski definition) is 5. The lowest BCUT2D eigenvalue weighted by Gasteiger charge is -2.06. The third-order valence-electron chi connectivity index (χ3n) is 4.57. The van der Waals surface area contributed by atoms with Crippen LogP contribution in [0.5, 0.6) is 0 Å². The summed E-state index contributed by atoms with van der Waals surface area (Å²) < 4.78 is 3.70. The minimum atomic E-state index is 0.560. The lowest BCUT2D eigenvalue weighted by molar-refractivity contribution is 0.745. The van der Waals surface area contributed by atoms with E-state index in [1.807, 2.05) is 53.4 Å². The van der Waals surface area contributed by atoms with Crippen LogP contribution in [0.3, 0.4) is 0 Å². The number of benzene rings is 1. The Morgan fingerprint density at radius 2 is 1.96 bits per heavy atom. The van der Waals surface area contributed by atoms with Crippen molar-refractivity contribution in [3.8, 4) is 11.8 Å². The fourth-order valence-corrected chi connectivity index (χ4v) is 3.33. The summed E-state index contributed by atoms with van der Waals surface area (Å²) in [6.07, 6.45) is 6.05. The first-order valence-electron chi connectivity index (χ1n) is 9.33. The van der Waals surface area contributed by atoms with E-state index in [9.17, 15) is 5.26 Å². The van der Waals surface area contributed by atoms with Crippen molar-refractivity contribution in [1.82, 2.24) is 29.1 Å². The van der Waals surface area contributed by atoms with Crippen LogP contribution in [0.25, 0.3) is 11.3 Å². The molecular weight excluding hydrogens is 350 g/mol. The number of imidazole rings is 1. The first-order valence-corrected chi connectivity index (χ1v) is 9.33. The Morgan fingerprint density at radius 3 is 2.68 bits per heavy atom. The van der Waals surface area contributed by atoms with Crippen molar-refractivity contribution >= 4 is 5.65 Å². The molecule has 0 N–H and O–H groups in total. The van der Waals surface area contributed by atoms with Crippen LogP contribution in [-0.2, 0) is 12.8 Å². The summed E-state index contributed by atoms with van der Waals surface area (Å²) in [4.78, 5) is 13.5. The van der Waals surface area contributed by atoms with Crippen LogP contribution in [-0.4, -0.2) is 29.1 Å². The van der Waals surface area contributed by atoms with Crippen LogP contribution in [0, 0.1) is 25.2 Å². The van der Waals surface area contributed by atoms with Gasteiger partial charge in [0.05, 0.1) is 23.3 Å². The van der Waals surface area contributed by atoms with E-state index in [1.165, 1.54) is 0 Å². The maximum Gasteiger partial charge on any atom is 0.159 e. The van der Waals surface area contributed by atoms with E-state index in [0.717, 1.165) is 52.8 Å². The van der Waals surface area contributed by atoms with E-state index in [-0.39, 0.29) is 0 Å². The molecule has 28 heavy (non-hydrogen) atoms. The molecule has 0 spiro atoms. The molecule has 0 saturated heterocycles. The van der Waals surface area contributed by atoms with Crippen molar-refractivity contribution in [3.63, 3.8) is 0 Å². The van der Waals surface area contributed by atoms with Gasteiger partial charge in [-0.15, -0.1) is 5.10 Å². The molecule has 0 saturated carbocycles. The number of aryl methyl sites for hydroxylation is 3. The highest BCUT2D eigenvalue weighted by molar-refractivity contribution is 5.51. The summed E-state index contributed by atoms with van der Waals surface area (Å²) in [7, 11) is 0. The molecule has 140 valence electrons. The van der Waals surface area contributed by atoms with E-state index >= 15 is 0 Å². The molecule has 4 rings (SSSR count). The molecule has 0 unspecified atom stereocenters. The van der Waals surface area contributed by atoms with E-state index in [0.29, 0.717) is 12.0 Å². The normalized spacial score (nSPS) is 11.1. The zero-order valence-corrected chi connectivity index (χ0v) is 16.2. The van der Waals surface area contributed by atoms with Gasteiger partial charge in [0.1, 0.15) is 11.9 Å². The fourth-order valence-electron chi connectivity index (χ4n) is 3.33. The van der Waals surface area contributed by atoms with Gasteiger partial charge in [0.2, 0.25) is 0 Å². The second-order valence-corrected chi connectivity index (χ2v) is 6.92. The maximum atomic E-state index is 9.59. The first-order chi connectivity index (χ1) is 13.6. The summed E-state index contributed by atoms with van der Waals surface area (Å²) >= 11 is 0. The summed E-state index contributed by atoms with van der Waals surface area (Å²) in [6, 6.07) is 10.1. The van der Waals surface area contributed by atoms with Crippen LogP contribution in [0.15, 0.2) is 36.8 Å². The maximum absolute atomic E-state index is 9.59. The summed E-state index contributed by atoms with van der Waals surface area (Å²) in [5.74, 6) is 1.65. The minimum absolute atomic E-state index is 0.560. The van der Waals surface area contributed by atoms with Crippen molar-refractivity contribution in [1.29, 1.82) is 5.26 Å². The Kier molecular flexibility index (Phi) is 4.62. The van der Waals surface area contributed by atoms with Crippen molar-refractivity contribution < 1.29 is 0 Å². The van der Waals surface area contributed by atoms with Crippen LogP contribution in [0.1, 0.15) is 47.5 Å². The molecule has 0 atom stereocenters. The van der Waals surface area contributed by atoms with Gasteiger partial charge in [0, 0.05) is 30.8 Å². The van der Waals surface area contributed by atoms with Gasteiger partial charge in [-0.1, -0.05) is 13.0 Å². The molecule has 0 amide bonds. The topological polar surface area (TPSA) is 84.7 Å². The standard InChI is InChI=1S/C21H21N7/c1-4-5-20-24-14(2)8-21-25-19(26-28(20)21)10-16-6-7-18(17(9-16)11-22)27-12-15(3)23-13-27/h6-9,12-13H,4-5,10H2,1-3H3. The van der Waals surface area contributed by atoms with Gasteiger partial charge in [-0.05, 0) is 38.0 Å². The number of nitrogens with zero attached hydrogens (tertiary/aromatic N) is 7. The van der Waals surface area contributed by atoms with Crippen LogP contribution >= 0.6 is 0 Å². The average Bonchev–Trinajstić information content (AvgIpc) is 3.27. The molecule has 0 bridgehead atoms. The summed E-state index contributed by atoms with van der Waals surface area (Å²) in [5.41, 5.74) is 5.09. The van der Waals surface area contributed by atoms with Gasteiger partial charge in [-0.25, -0.2) is 15.0 Å². The van der Waals surface area contributed by atoms with Crippen molar-refractivity contribution in [2.45, 2.75) is 40.0 Å². The first kappa shape index (κ1) is 17.9. The second kappa shape index (κ2) is 7.24. The predicted octanol–water partition coefficient (Wildman–Crippen LogP) is 3.34. The molecule has 0 aliphatic carbocycles. The van der Waals surface area contributed by atoms with Crippen LogP contribution in [0.2, 0.25) is 0 Å². The largest absolute Gasteiger partial charge is 0.305 e. The Balaban J connectivity index is 1.67. The number of aromatic nitrogens is 6. The van der Waals surface area contributed by atoms with E-state index in [4.69, 9.17) is 0 Å². The molecule has 3 heterocycles. The highest BCUT2D eigenvalue weighted by atomic mass is 15.3. The monoisotopic (exact) mass is 371 g/mol. The van der Waals surface area contributed by atoms with E-state index < -0.39 is 0 Å². The molecule has 7 nitrogen and oxygen atoms in total. The summed E-state index contributed by atoms with van der Waals surface area (Å²) in [5, 5.41) is 14.2. The number of fused-ring (bicyclic) bond motifs is 1. The molecular formula is C21H21N7. The smallest absolute Gasteiger partial charge is 0.159 e. The zero-order chi connectivity index (χ0) is 19.7. The lowest BCUT2D eigenvalue weighted by Crippen LogP contribution is -2.04. The number of nitriles is 1. The van der Waals surface area contributed by atoms with E-state index in [2.05, 4.69) is 33.0 Å². The Bertz CT molecular complexity index is 1190. The molecule has 0 aliphatic rings. The van der Waals surface area contributed by atoms with Crippen LogP contribution in [0.4, 0.5) is 0 Å². The number of rotatable bonds is 5. The fraction of sp³-hybridized carbons (Fsp3) is 0.286. The predicted molar refractivity (Wildman–Crippen MR) is 105 cm³/mol. The lowest BCUT2D eigenvalue weighted by atomic mass is 10.1. The average molecular weight is 371 g/mol.